The normalized spacial score (nSPS) is 22.5. The number of carbonyl (C=O) groups is 1. The number of piperazine rings is 1. The summed E-state index contributed by atoms with van der Waals surface area (Å²) in [6, 6.07) is 0. The predicted molar refractivity (Wildman–Crippen MR) is 59.8 cm³/mol. The number of hydrogen-bond acceptors (Lipinski definition) is 3. The number of methoxy groups -OCH3 is 1. The van der Waals surface area contributed by atoms with Crippen LogP contribution < -0.4 is 0 Å². The molecule has 0 radical (unpaired) electrons. The first-order valence-electron chi connectivity index (χ1n) is 5.56. The Hall–Kier alpha value is -0.610. The van der Waals surface area contributed by atoms with Crippen LogP contribution in [0.15, 0.2) is 0 Å². The fourth-order valence-corrected chi connectivity index (χ4v) is 1.73. The van der Waals surface area contributed by atoms with Gasteiger partial charge in [-0.15, -0.1) is 0 Å². The molecule has 0 aromatic carbocycles. The highest BCUT2D eigenvalue weighted by Gasteiger charge is 2.35. The number of likely N-dealkylation sites (N-methyl/N-ethyl adjacent to an activating group) is 1. The summed E-state index contributed by atoms with van der Waals surface area (Å²) in [5.74, 6) is 0.126. The van der Waals surface area contributed by atoms with Gasteiger partial charge in [0, 0.05) is 33.3 Å². The molecule has 1 aliphatic rings. The lowest BCUT2D eigenvalue weighted by Gasteiger charge is -2.37. The first-order chi connectivity index (χ1) is 7.03. The lowest BCUT2D eigenvalue weighted by Crippen LogP contribution is -2.54. The maximum atomic E-state index is 12.2. The molecule has 0 bridgehead atoms. The number of hydrogen-bond donors (Lipinski definition) is 0. The van der Waals surface area contributed by atoms with Crippen molar-refractivity contribution in [3.63, 3.8) is 0 Å². The summed E-state index contributed by atoms with van der Waals surface area (Å²) < 4.78 is 5.32. The Morgan fingerprint density at radius 3 is 2.27 bits per heavy atom. The second-order valence-electron chi connectivity index (χ2n) is 4.38. The first-order valence-corrected chi connectivity index (χ1v) is 5.56. The van der Waals surface area contributed by atoms with E-state index in [1.807, 2.05) is 18.7 Å². The van der Waals surface area contributed by atoms with Crippen molar-refractivity contribution < 1.29 is 9.53 Å². The van der Waals surface area contributed by atoms with Gasteiger partial charge in [-0.25, -0.2) is 0 Å². The third-order valence-corrected chi connectivity index (χ3v) is 3.37. The maximum absolute atomic E-state index is 12.2. The van der Waals surface area contributed by atoms with Crippen LogP contribution in [0.3, 0.4) is 0 Å². The number of nitrogens with zero attached hydrogens (tertiary/aromatic N) is 2. The van der Waals surface area contributed by atoms with Gasteiger partial charge in [-0.2, -0.15) is 0 Å². The highest BCUT2D eigenvalue weighted by atomic mass is 16.5. The van der Waals surface area contributed by atoms with Crippen molar-refractivity contribution in [1.82, 2.24) is 9.80 Å². The Labute approximate surface area is 92.2 Å². The van der Waals surface area contributed by atoms with Gasteiger partial charge in [-0.3, -0.25) is 4.79 Å². The van der Waals surface area contributed by atoms with Crippen LogP contribution in [0, 0.1) is 0 Å². The number of ether oxygens (including phenoxy) is 1. The molecule has 88 valence electrons. The van der Waals surface area contributed by atoms with E-state index in [0.29, 0.717) is 6.42 Å². The van der Waals surface area contributed by atoms with Gasteiger partial charge >= 0.3 is 0 Å². The van der Waals surface area contributed by atoms with Crippen LogP contribution in [0.25, 0.3) is 0 Å². The SMILES string of the molecule is CCC(C)(OC)C(=O)N1CCN(C)CC1. The molecule has 0 aliphatic carbocycles. The molecule has 0 aromatic rings. The van der Waals surface area contributed by atoms with Gasteiger partial charge in [0.1, 0.15) is 5.60 Å². The Bertz CT molecular complexity index is 219. The van der Waals surface area contributed by atoms with Crippen molar-refractivity contribution in [2.75, 3.05) is 40.3 Å². The van der Waals surface area contributed by atoms with E-state index in [1.165, 1.54) is 0 Å². The summed E-state index contributed by atoms with van der Waals surface area (Å²) in [6.07, 6.45) is 0.717. The Morgan fingerprint density at radius 2 is 1.87 bits per heavy atom. The fourth-order valence-electron chi connectivity index (χ4n) is 1.73. The summed E-state index contributed by atoms with van der Waals surface area (Å²) in [4.78, 5) is 16.3. The Morgan fingerprint density at radius 1 is 1.33 bits per heavy atom. The van der Waals surface area contributed by atoms with Crippen molar-refractivity contribution in [3.05, 3.63) is 0 Å². The molecule has 1 fully saturated rings. The molecular formula is C11H22N2O2. The smallest absolute Gasteiger partial charge is 0.254 e. The van der Waals surface area contributed by atoms with Crippen LogP contribution in [0.1, 0.15) is 20.3 Å². The highest BCUT2D eigenvalue weighted by Crippen LogP contribution is 2.18. The Kier molecular flexibility index (Phi) is 4.11. The van der Waals surface area contributed by atoms with Gasteiger partial charge in [-0.05, 0) is 20.4 Å². The van der Waals surface area contributed by atoms with E-state index in [4.69, 9.17) is 4.74 Å². The average molecular weight is 214 g/mol. The molecule has 0 saturated carbocycles. The van der Waals surface area contributed by atoms with Gasteiger partial charge < -0.3 is 14.5 Å². The van der Waals surface area contributed by atoms with Crippen LogP contribution in [-0.4, -0.2) is 61.6 Å². The highest BCUT2D eigenvalue weighted by molar-refractivity contribution is 5.84. The third kappa shape index (κ3) is 2.69. The minimum absolute atomic E-state index is 0.126. The second-order valence-corrected chi connectivity index (χ2v) is 4.38. The summed E-state index contributed by atoms with van der Waals surface area (Å²) in [6.45, 7) is 7.39. The van der Waals surface area contributed by atoms with E-state index in [2.05, 4.69) is 11.9 Å². The largest absolute Gasteiger partial charge is 0.369 e. The van der Waals surface area contributed by atoms with E-state index >= 15 is 0 Å². The summed E-state index contributed by atoms with van der Waals surface area (Å²) in [7, 11) is 3.69. The van der Waals surface area contributed by atoms with E-state index in [9.17, 15) is 4.79 Å². The lowest BCUT2D eigenvalue weighted by atomic mass is 10.0. The van der Waals surface area contributed by atoms with Crippen LogP contribution in [-0.2, 0) is 9.53 Å². The minimum atomic E-state index is -0.643. The average Bonchev–Trinajstić information content (AvgIpc) is 2.28. The molecule has 15 heavy (non-hydrogen) atoms. The molecule has 0 aromatic heterocycles. The van der Waals surface area contributed by atoms with Crippen LogP contribution >= 0.6 is 0 Å². The predicted octanol–water partition coefficient (Wildman–Crippen LogP) is 0.575. The number of carbonyl (C=O) groups excluding carboxylic acids is 1. The van der Waals surface area contributed by atoms with Crippen LogP contribution in [0.4, 0.5) is 0 Å². The van der Waals surface area contributed by atoms with E-state index in [0.717, 1.165) is 26.2 Å². The standard InChI is InChI=1S/C11H22N2O2/c1-5-11(2,15-4)10(14)13-8-6-12(3)7-9-13/h5-9H2,1-4H3. The molecule has 0 spiro atoms. The zero-order chi connectivity index (χ0) is 11.5. The minimum Gasteiger partial charge on any atom is -0.369 e. The molecule has 4 nitrogen and oxygen atoms in total. The molecule has 4 heteroatoms. The second kappa shape index (κ2) is 4.94. The van der Waals surface area contributed by atoms with E-state index in [1.54, 1.807) is 7.11 Å². The summed E-state index contributed by atoms with van der Waals surface area (Å²) in [5, 5.41) is 0. The molecule has 1 rings (SSSR count). The van der Waals surface area contributed by atoms with Crippen molar-refractivity contribution in [3.8, 4) is 0 Å². The van der Waals surface area contributed by atoms with Gasteiger partial charge in [0.05, 0.1) is 0 Å². The van der Waals surface area contributed by atoms with Crippen molar-refractivity contribution in [2.45, 2.75) is 25.9 Å². The molecule has 0 N–H and O–H groups in total. The van der Waals surface area contributed by atoms with Gasteiger partial charge in [0.25, 0.3) is 5.91 Å². The van der Waals surface area contributed by atoms with Crippen molar-refractivity contribution >= 4 is 5.91 Å². The molecule has 1 amide bonds. The van der Waals surface area contributed by atoms with E-state index in [-0.39, 0.29) is 5.91 Å². The first kappa shape index (κ1) is 12.5. The Balaban J connectivity index is 2.60. The summed E-state index contributed by atoms with van der Waals surface area (Å²) in [5.41, 5.74) is -0.643. The summed E-state index contributed by atoms with van der Waals surface area (Å²) >= 11 is 0. The van der Waals surface area contributed by atoms with Crippen LogP contribution in [0.2, 0.25) is 0 Å². The van der Waals surface area contributed by atoms with Crippen LogP contribution in [0.5, 0.6) is 0 Å². The quantitative estimate of drug-likeness (QED) is 0.689. The fraction of sp³-hybridized carbons (Fsp3) is 0.909. The van der Waals surface area contributed by atoms with Crippen molar-refractivity contribution in [1.29, 1.82) is 0 Å². The van der Waals surface area contributed by atoms with E-state index < -0.39 is 5.60 Å². The monoisotopic (exact) mass is 214 g/mol. The molecule has 1 unspecified atom stereocenters. The lowest BCUT2D eigenvalue weighted by molar-refractivity contribution is -0.155. The number of rotatable bonds is 3. The van der Waals surface area contributed by atoms with Crippen molar-refractivity contribution in [2.24, 2.45) is 0 Å². The third-order valence-electron chi connectivity index (χ3n) is 3.37. The van der Waals surface area contributed by atoms with Gasteiger partial charge in [-0.1, -0.05) is 6.92 Å². The molecule has 1 aliphatic heterocycles. The number of amides is 1. The molecule has 1 atom stereocenters. The molecule has 1 saturated heterocycles. The molecule has 1 heterocycles. The maximum Gasteiger partial charge on any atom is 0.254 e. The zero-order valence-corrected chi connectivity index (χ0v) is 10.2. The topological polar surface area (TPSA) is 32.8 Å². The van der Waals surface area contributed by atoms with Gasteiger partial charge in [0.15, 0.2) is 0 Å². The zero-order valence-electron chi connectivity index (χ0n) is 10.2. The van der Waals surface area contributed by atoms with Gasteiger partial charge in [0.2, 0.25) is 0 Å². The molecular weight excluding hydrogens is 192 g/mol.